The Morgan fingerprint density at radius 1 is 1.14 bits per heavy atom. The van der Waals surface area contributed by atoms with Gasteiger partial charge < -0.3 is 10.2 Å². The zero-order chi connectivity index (χ0) is 21.2. The predicted octanol–water partition coefficient (Wildman–Crippen LogP) is 6.64. The third-order valence-corrected chi connectivity index (χ3v) is 6.43. The van der Waals surface area contributed by atoms with Gasteiger partial charge in [-0.1, -0.05) is 56.0 Å². The highest BCUT2D eigenvalue weighted by molar-refractivity contribution is 6.34. The van der Waals surface area contributed by atoms with Crippen molar-refractivity contribution >= 4 is 23.0 Å². The van der Waals surface area contributed by atoms with Crippen molar-refractivity contribution in [1.29, 1.82) is 0 Å². The number of aliphatic hydroxyl groups is 2. The van der Waals surface area contributed by atoms with Crippen molar-refractivity contribution in [2.75, 3.05) is 0 Å². The minimum atomic E-state index is -0.369. The van der Waals surface area contributed by atoms with Crippen molar-refractivity contribution in [2.45, 2.75) is 59.5 Å². The van der Waals surface area contributed by atoms with Crippen molar-refractivity contribution in [1.82, 2.24) is 0 Å². The summed E-state index contributed by atoms with van der Waals surface area (Å²) in [6, 6.07) is 11.3. The Bertz CT molecular complexity index is 953. The standard InChI is InChI=1S/C25H29ClO3/c1-16-12-21(19-9-7-8-18(13-19)15-27)22(26)14-20(16)23(17(2)28)24(29)25(3)10-5-4-6-11-25/h7-9,12-14,27,29H,4-6,10-11,15H2,1-3H3/b24-23-. The van der Waals surface area contributed by atoms with Crippen LogP contribution in [0.1, 0.15) is 62.6 Å². The summed E-state index contributed by atoms with van der Waals surface area (Å²) in [5.74, 6) is 0.0439. The van der Waals surface area contributed by atoms with Gasteiger partial charge in [0.1, 0.15) is 5.76 Å². The summed E-state index contributed by atoms with van der Waals surface area (Å²) in [6.45, 7) is 5.45. The van der Waals surface area contributed by atoms with Crippen LogP contribution in [0.15, 0.2) is 42.2 Å². The van der Waals surface area contributed by atoms with Crippen molar-refractivity contribution in [3.8, 4) is 11.1 Å². The van der Waals surface area contributed by atoms with Gasteiger partial charge in [-0.25, -0.2) is 0 Å². The van der Waals surface area contributed by atoms with Crippen LogP contribution in [0, 0.1) is 12.3 Å². The molecule has 0 bridgehead atoms. The average Bonchev–Trinajstić information content (AvgIpc) is 2.70. The average molecular weight is 413 g/mol. The van der Waals surface area contributed by atoms with Gasteiger partial charge in [-0.05, 0) is 67.1 Å². The van der Waals surface area contributed by atoms with Crippen LogP contribution in [-0.4, -0.2) is 16.0 Å². The summed E-state index contributed by atoms with van der Waals surface area (Å²) in [7, 11) is 0. The van der Waals surface area contributed by atoms with Gasteiger partial charge >= 0.3 is 0 Å². The maximum atomic E-state index is 12.6. The summed E-state index contributed by atoms with van der Waals surface area (Å²) in [6.07, 6.45) is 5.06. The van der Waals surface area contributed by atoms with E-state index in [-0.39, 0.29) is 23.6 Å². The maximum absolute atomic E-state index is 12.6. The first-order valence-corrected chi connectivity index (χ1v) is 10.6. The number of benzene rings is 2. The van der Waals surface area contributed by atoms with E-state index in [2.05, 4.69) is 6.92 Å². The molecule has 0 spiro atoms. The Kier molecular flexibility index (Phi) is 6.50. The summed E-state index contributed by atoms with van der Waals surface area (Å²) < 4.78 is 0. The molecule has 4 heteroatoms. The van der Waals surface area contributed by atoms with Gasteiger partial charge in [-0.2, -0.15) is 0 Å². The van der Waals surface area contributed by atoms with Crippen LogP contribution in [0.5, 0.6) is 0 Å². The van der Waals surface area contributed by atoms with Gasteiger partial charge in [0.2, 0.25) is 0 Å². The van der Waals surface area contributed by atoms with Crippen LogP contribution < -0.4 is 0 Å². The summed E-state index contributed by atoms with van der Waals surface area (Å²) in [5, 5.41) is 21.1. The monoisotopic (exact) mass is 412 g/mol. The zero-order valence-corrected chi connectivity index (χ0v) is 18.1. The molecule has 0 atom stereocenters. The third kappa shape index (κ3) is 4.41. The minimum Gasteiger partial charge on any atom is -0.511 e. The molecule has 2 N–H and O–H groups in total. The molecule has 0 saturated heterocycles. The van der Waals surface area contributed by atoms with Gasteiger partial charge in [-0.3, -0.25) is 4.79 Å². The number of carbonyl (C=O) groups excluding carboxylic acids is 1. The number of rotatable bonds is 5. The van der Waals surface area contributed by atoms with E-state index in [1.807, 2.05) is 37.3 Å². The fourth-order valence-corrected chi connectivity index (χ4v) is 4.64. The van der Waals surface area contributed by atoms with E-state index in [1.165, 1.54) is 13.3 Å². The SMILES string of the molecule is CC(=O)/C(=C(/O)C1(C)CCCCC1)c1cc(Cl)c(-c2cccc(CO)c2)cc1C. The van der Waals surface area contributed by atoms with Crippen LogP contribution in [0.4, 0.5) is 0 Å². The van der Waals surface area contributed by atoms with E-state index in [4.69, 9.17) is 11.6 Å². The first-order valence-electron chi connectivity index (χ1n) is 10.2. The molecule has 154 valence electrons. The van der Waals surface area contributed by atoms with E-state index in [0.717, 1.165) is 47.9 Å². The van der Waals surface area contributed by atoms with Crippen LogP contribution >= 0.6 is 11.6 Å². The number of halogens is 1. The molecule has 1 saturated carbocycles. The van der Waals surface area contributed by atoms with E-state index in [9.17, 15) is 15.0 Å². The maximum Gasteiger partial charge on any atom is 0.163 e. The summed E-state index contributed by atoms with van der Waals surface area (Å²) >= 11 is 6.63. The Morgan fingerprint density at radius 2 is 1.83 bits per heavy atom. The molecule has 0 aromatic heterocycles. The molecule has 1 aliphatic carbocycles. The van der Waals surface area contributed by atoms with Gasteiger partial charge in [-0.15, -0.1) is 0 Å². The molecular formula is C25H29ClO3. The van der Waals surface area contributed by atoms with E-state index in [0.29, 0.717) is 16.2 Å². The molecule has 29 heavy (non-hydrogen) atoms. The normalized spacial score (nSPS) is 17.0. The molecule has 0 radical (unpaired) electrons. The Morgan fingerprint density at radius 3 is 2.45 bits per heavy atom. The second-order valence-corrected chi connectivity index (χ2v) is 8.81. The number of hydrogen-bond donors (Lipinski definition) is 2. The Labute approximate surface area is 178 Å². The molecule has 0 heterocycles. The molecule has 0 aliphatic heterocycles. The van der Waals surface area contributed by atoms with Gasteiger partial charge in [0.05, 0.1) is 12.2 Å². The highest BCUT2D eigenvalue weighted by atomic mass is 35.5. The van der Waals surface area contributed by atoms with Crippen LogP contribution in [0.2, 0.25) is 5.02 Å². The highest BCUT2D eigenvalue weighted by Gasteiger charge is 2.35. The molecule has 0 amide bonds. The third-order valence-electron chi connectivity index (χ3n) is 6.12. The van der Waals surface area contributed by atoms with Crippen LogP contribution in [0.25, 0.3) is 16.7 Å². The number of ketones is 1. The van der Waals surface area contributed by atoms with Crippen molar-refractivity contribution in [2.24, 2.45) is 5.41 Å². The van der Waals surface area contributed by atoms with Crippen molar-refractivity contribution < 1.29 is 15.0 Å². The smallest absolute Gasteiger partial charge is 0.163 e. The van der Waals surface area contributed by atoms with Crippen molar-refractivity contribution in [3.63, 3.8) is 0 Å². The van der Waals surface area contributed by atoms with Gasteiger partial charge in [0, 0.05) is 16.0 Å². The summed E-state index contributed by atoms with van der Waals surface area (Å²) in [5.41, 5.74) is 4.15. The number of hydrogen-bond acceptors (Lipinski definition) is 3. The Balaban J connectivity index is 2.12. The highest BCUT2D eigenvalue weighted by Crippen LogP contribution is 2.45. The molecule has 2 aromatic carbocycles. The summed E-state index contributed by atoms with van der Waals surface area (Å²) in [4.78, 5) is 12.6. The number of carbonyl (C=O) groups is 1. The molecule has 3 rings (SSSR count). The van der Waals surface area contributed by atoms with Gasteiger partial charge in [0.15, 0.2) is 5.78 Å². The first kappa shape index (κ1) is 21.6. The molecule has 0 unspecified atom stereocenters. The molecule has 3 nitrogen and oxygen atoms in total. The number of aryl methyl sites for hydroxylation is 1. The topological polar surface area (TPSA) is 57.5 Å². The van der Waals surface area contributed by atoms with E-state index < -0.39 is 0 Å². The van der Waals surface area contributed by atoms with E-state index >= 15 is 0 Å². The van der Waals surface area contributed by atoms with Crippen LogP contribution in [0.3, 0.4) is 0 Å². The van der Waals surface area contributed by atoms with Crippen molar-refractivity contribution in [3.05, 3.63) is 63.9 Å². The van der Waals surface area contributed by atoms with Gasteiger partial charge in [0.25, 0.3) is 0 Å². The lowest BCUT2D eigenvalue weighted by Gasteiger charge is -2.34. The number of aliphatic hydroxyl groups excluding tert-OH is 2. The minimum absolute atomic E-state index is 0.0355. The lowest BCUT2D eigenvalue weighted by molar-refractivity contribution is -0.112. The fraction of sp³-hybridized carbons (Fsp3) is 0.400. The number of Topliss-reactive ketones (excluding diaryl/α,β-unsaturated/α-hetero) is 1. The molecule has 2 aromatic rings. The van der Waals surface area contributed by atoms with Crippen LogP contribution in [-0.2, 0) is 11.4 Å². The zero-order valence-electron chi connectivity index (χ0n) is 17.4. The molecule has 1 aliphatic rings. The molecular weight excluding hydrogens is 384 g/mol. The number of allylic oxidation sites excluding steroid dienone is 2. The van der Waals surface area contributed by atoms with E-state index in [1.54, 1.807) is 6.07 Å². The molecule has 1 fully saturated rings. The lowest BCUT2D eigenvalue weighted by atomic mass is 9.72. The lowest BCUT2D eigenvalue weighted by Crippen LogP contribution is -2.25. The quantitative estimate of drug-likeness (QED) is 0.427. The fourth-order valence-electron chi connectivity index (χ4n) is 4.36. The predicted molar refractivity (Wildman–Crippen MR) is 119 cm³/mol. The largest absolute Gasteiger partial charge is 0.511 e. The Hall–Kier alpha value is -2.10. The second kappa shape index (κ2) is 8.73. The first-order chi connectivity index (χ1) is 13.8. The second-order valence-electron chi connectivity index (χ2n) is 8.41.